The minimum atomic E-state index is -4.96. The highest BCUT2D eigenvalue weighted by atomic mass is 31.2. The summed E-state index contributed by atoms with van der Waals surface area (Å²) in [5.74, 6) is 0. The average molecular weight is 689 g/mol. The third kappa shape index (κ3) is 14.6. The van der Waals surface area contributed by atoms with Crippen molar-refractivity contribution in [3.05, 3.63) is 10.4 Å². The Morgan fingerprint density at radius 3 is 1.87 bits per heavy atom. The van der Waals surface area contributed by atoms with Gasteiger partial charge in [-0.25, -0.2) is 0 Å². The number of nitrogens with zero attached hydrogens (tertiary/aromatic N) is 3. The summed E-state index contributed by atoms with van der Waals surface area (Å²) in [7, 11) is -4.96. The van der Waals surface area contributed by atoms with E-state index >= 15 is 0 Å². The maximum absolute atomic E-state index is 12.3. The lowest BCUT2D eigenvalue weighted by Crippen LogP contribution is -3.11. The number of aliphatic hydroxyl groups is 6. The molecular weight excluding hydrogens is 631 g/mol. The van der Waals surface area contributed by atoms with Crippen molar-refractivity contribution in [1.29, 1.82) is 0 Å². The summed E-state index contributed by atoms with van der Waals surface area (Å²) in [5, 5.41) is 64.4. The number of quaternary nitrogens is 1. The molecule has 272 valence electrons. The lowest BCUT2D eigenvalue weighted by molar-refractivity contribution is -0.894. The van der Waals surface area contributed by atoms with Crippen molar-refractivity contribution in [1.82, 2.24) is 0 Å². The van der Waals surface area contributed by atoms with Gasteiger partial charge < -0.3 is 59.2 Å². The highest BCUT2D eigenvalue weighted by Crippen LogP contribution is 2.43. The van der Waals surface area contributed by atoms with Crippen LogP contribution in [0.4, 0.5) is 0 Å². The van der Waals surface area contributed by atoms with Gasteiger partial charge in [-0.05, 0) is 32.7 Å². The van der Waals surface area contributed by atoms with Crippen LogP contribution in [0.1, 0.15) is 79.1 Å². The molecule has 0 aromatic heterocycles. The first kappa shape index (κ1) is 43.0. The van der Waals surface area contributed by atoms with E-state index in [1.807, 2.05) is 0 Å². The molecule has 0 amide bonds. The zero-order valence-corrected chi connectivity index (χ0v) is 28.4. The van der Waals surface area contributed by atoms with E-state index in [4.69, 9.17) is 28.8 Å². The number of rotatable bonds is 20. The maximum Gasteiger partial charge on any atom is 0.270 e. The summed E-state index contributed by atoms with van der Waals surface area (Å²) in [5.41, 5.74) is 8.49. The number of nitrogens with one attached hydrogen (secondary N) is 1. The second kappa shape index (κ2) is 23.4. The Balaban J connectivity index is 0.00000135. The lowest BCUT2D eigenvalue weighted by Gasteiger charge is -2.46. The number of hydrogen-bond acceptors (Lipinski definition) is 14. The van der Waals surface area contributed by atoms with Crippen molar-refractivity contribution in [3.8, 4) is 0 Å². The molecule has 11 atom stereocenters. The summed E-state index contributed by atoms with van der Waals surface area (Å²) in [4.78, 5) is 16.5. The molecule has 2 fully saturated rings. The standard InChI is InChI=1S/C22H42N3O13P.C6H15N/c1-2-3-4-5-6-7-8-9-10-34-39(32,33)38-22-19(31)17(29)20(14(12-26)36-22)37-21-18(30)16(28)15(27)13(35-21)11-24-25-23;1-4-7(5-2)6-3/h13-22,26-31H,2-12H2,1H3,(H,32,33);4-6H2,1-3H3/t13-,14-,15+,16+,17-,18-,19+,20-,21+,22-;/m1./s1. The van der Waals surface area contributed by atoms with Crippen LogP contribution >= 0.6 is 7.82 Å². The topological polar surface area (TPSA) is 261 Å². The predicted octanol–water partition coefficient (Wildman–Crippen LogP) is -0.498. The number of phosphoric acid groups is 1. The highest BCUT2D eigenvalue weighted by molar-refractivity contribution is 7.45. The molecule has 0 bridgehead atoms. The third-order valence-corrected chi connectivity index (χ3v) is 9.05. The van der Waals surface area contributed by atoms with Crippen molar-refractivity contribution < 1.29 is 68.3 Å². The van der Waals surface area contributed by atoms with Gasteiger partial charge >= 0.3 is 0 Å². The Kier molecular flexibility index (Phi) is 21.9. The van der Waals surface area contributed by atoms with E-state index in [-0.39, 0.29) is 6.61 Å². The molecule has 2 aliphatic heterocycles. The first-order chi connectivity index (χ1) is 21.9. The van der Waals surface area contributed by atoms with Crippen molar-refractivity contribution in [2.45, 2.75) is 140 Å². The number of azide groups is 1. The molecule has 2 aliphatic rings. The van der Waals surface area contributed by atoms with E-state index in [9.17, 15) is 40.1 Å². The van der Waals surface area contributed by atoms with Gasteiger partial charge in [-0.2, -0.15) is 0 Å². The first-order valence-electron chi connectivity index (χ1n) is 16.4. The van der Waals surface area contributed by atoms with Crippen molar-refractivity contribution in [2.75, 3.05) is 39.4 Å². The number of hydrogen-bond donors (Lipinski definition) is 7. The van der Waals surface area contributed by atoms with E-state index in [1.165, 1.54) is 32.5 Å². The average Bonchev–Trinajstić information content (AvgIpc) is 3.04. The quantitative estimate of drug-likeness (QED) is 0.0280. The Bertz CT molecular complexity index is 894. The Morgan fingerprint density at radius 2 is 1.35 bits per heavy atom. The van der Waals surface area contributed by atoms with Gasteiger partial charge in [0.25, 0.3) is 7.82 Å². The first-order valence-corrected chi connectivity index (χ1v) is 17.8. The zero-order valence-electron chi connectivity index (χ0n) is 27.5. The van der Waals surface area contributed by atoms with Gasteiger partial charge in [0, 0.05) is 4.91 Å². The fourth-order valence-electron chi connectivity index (χ4n) is 5.08. The fourth-order valence-corrected chi connectivity index (χ4v) is 5.92. The Hall–Kier alpha value is -0.980. The molecule has 0 radical (unpaired) electrons. The second-order valence-corrected chi connectivity index (χ2v) is 12.8. The molecule has 7 N–H and O–H groups in total. The molecule has 0 aliphatic carbocycles. The van der Waals surface area contributed by atoms with E-state index in [1.54, 1.807) is 4.90 Å². The number of unbranched alkanes of at least 4 members (excludes halogenated alkanes) is 7. The van der Waals surface area contributed by atoms with Gasteiger partial charge in [-0.1, -0.05) is 57.0 Å². The number of phosphoric ester groups is 1. The van der Waals surface area contributed by atoms with Crippen LogP contribution in [-0.4, -0.2) is 131 Å². The van der Waals surface area contributed by atoms with E-state index in [0.717, 1.165) is 32.1 Å². The van der Waals surface area contributed by atoms with E-state index in [0.29, 0.717) is 6.42 Å². The third-order valence-electron chi connectivity index (χ3n) is 8.09. The summed E-state index contributed by atoms with van der Waals surface area (Å²) in [6.07, 6.45) is -9.33. The normalized spacial score (nSPS) is 32.7. The van der Waals surface area contributed by atoms with Gasteiger partial charge in [-0.3, -0.25) is 9.09 Å². The molecule has 0 aromatic carbocycles. The van der Waals surface area contributed by atoms with Gasteiger partial charge in [0.1, 0.15) is 42.7 Å². The van der Waals surface area contributed by atoms with Crippen molar-refractivity contribution in [2.24, 2.45) is 5.11 Å². The minimum Gasteiger partial charge on any atom is -0.756 e. The molecule has 1 unspecified atom stereocenters. The zero-order chi connectivity index (χ0) is 34.7. The van der Waals surface area contributed by atoms with Crippen LogP contribution < -0.4 is 9.79 Å². The molecule has 2 rings (SSSR count). The van der Waals surface area contributed by atoms with Gasteiger partial charge in [-0.15, -0.1) is 0 Å². The molecule has 0 saturated carbocycles. The second-order valence-electron chi connectivity index (χ2n) is 11.4. The van der Waals surface area contributed by atoms with Crippen molar-refractivity contribution in [3.63, 3.8) is 0 Å². The number of aliphatic hydroxyl groups excluding tert-OH is 6. The minimum absolute atomic E-state index is 0.141. The van der Waals surface area contributed by atoms with Gasteiger partial charge in [0.2, 0.25) is 0 Å². The smallest absolute Gasteiger partial charge is 0.270 e. The molecule has 17 nitrogen and oxygen atoms in total. The summed E-state index contributed by atoms with van der Waals surface area (Å²) in [6, 6.07) is 0. The summed E-state index contributed by atoms with van der Waals surface area (Å²) < 4.78 is 38.0. The highest BCUT2D eigenvalue weighted by Gasteiger charge is 2.51. The molecule has 46 heavy (non-hydrogen) atoms. The SMILES string of the molecule is CCCCCCCCCCOP(=O)([O-])O[C@H]1O[C@H](CO)[C@@H](O[C@@H]2O[C@H](CN=[N+]=[N-])[C@H](O)[C@H](O)[C@H]2O)[C@H](O)[C@@H]1O.CC[NH+](CC)CC. The van der Waals surface area contributed by atoms with Crippen LogP contribution in [0.5, 0.6) is 0 Å². The molecule has 18 heteroatoms. The van der Waals surface area contributed by atoms with Gasteiger partial charge in [0.05, 0.1) is 45.5 Å². The van der Waals surface area contributed by atoms with Crippen LogP contribution in [0, 0.1) is 0 Å². The summed E-state index contributed by atoms with van der Waals surface area (Å²) in [6.45, 7) is 11.2. The van der Waals surface area contributed by atoms with Crippen LogP contribution in [0.3, 0.4) is 0 Å². The number of ether oxygens (including phenoxy) is 3. The fraction of sp³-hybridized carbons (Fsp3) is 1.00. The van der Waals surface area contributed by atoms with E-state index < -0.39 is 82.4 Å². The predicted molar refractivity (Wildman–Crippen MR) is 163 cm³/mol. The molecule has 2 saturated heterocycles. The molecule has 0 spiro atoms. The van der Waals surface area contributed by atoms with E-state index in [2.05, 4.69) is 37.7 Å². The largest absolute Gasteiger partial charge is 0.756 e. The Labute approximate surface area is 271 Å². The monoisotopic (exact) mass is 688 g/mol. The Morgan fingerprint density at radius 1 is 0.804 bits per heavy atom. The summed E-state index contributed by atoms with van der Waals surface area (Å²) >= 11 is 0. The van der Waals surface area contributed by atoms with Crippen LogP contribution in [0.15, 0.2) is 5.11 Å². The van der Waals surface area contributed by atoms with Gasteiger partial charge in [0.15, 0.2) is 12.6 Å². The van der Waals surface area contributed by atoms with Crippen molar-refractivity contribution >= 4 is 7.82 Å². The molecular formula is C28H57N4O13P. The van der Waals surface area contributed by atoms with Crippen LogP contribution in [-0.2, 0) is 27.8 Å². The lowest BCUT2D eigenvalue weighted by atomic mass is 9.97. The maximum atomic E-state index is 12.3. The van der Waals surface area contributed by atoms with Crippen LogP contribution in [0.25, 0.3) is 10.4 Å². The van der Waals surface area contributed by atoms with Crippen LogP contribution in [0.2, 0.25) is 0 Å². The molecule has 2 heterocycles. The molecule has 0 aromatic rings.